The monoisotopic (exact) mass is 223 g/mol. The summed E-state index contributed by atoms with van der Waals surface area (Å²) in [7, 11) is 2.02. The Hall–Kier alpha value is -2.16. The number of hydrogen-bond acceptors (Lipinski definition) is 2. The average molecular weight is 223 g/mol. The van der Waals surface area contributed by atoms with Crippen molar-refractivity contribution in [2.24, 2.45) is 7.05 Å². The number of fused-ring (bicyclic) bond motifs is 1. The summed E-state index contributed by atoms with van der Waals surface area (Å²) < 4.78 is 2.08. The molecule has 0 N–H and O–H groups in total. The van der Waals surface area contributed by atoms with Crippen LogP contribution in [-0.2, 0) is 7.05 Å². The first-order valence-electron chi connectivity index (χ1n) is 5.60. The molecule has 2 heterocycles. The molecule has 0 bridgehead atoms. The summed E-state index contributed by atoms with van der Waals surface area (Å²) in [6, 6.07) is 12.2. The zero-order valence-electron chi connectivity index (χ0n) is 9.88. The Morgan fingerprint density at radius 3 is 2.76 bits per heavy atom. The van der Waals surface area contributed by atoms with Gasteiger partial charge in [0, 0.05) is 13.2 Å². The molecule has 3 rings (SSSR count). The Kier molecular flexibility index (Phi) is 2.18. The van der Waals surface area contributed by atoms with Crippen molar-refractivity contribution in [1.82, 2.24) is 14.5 Å². The number of imidazole rings is 1. The third kappa shape index (κ3) is 1.60. The highest BCUT2D eigenvalue weighted by Gasteiger charge is 2.09. The molecule has 0 aliphatic heterocycles. The molecular weight excluding hydrogens is 210 g/mol. The number of pyridine rings is 1. The Morgan fingerprint density at radius 2 is 2.00 bits per heavy atom. The lowest BCUT2D eigenvalue weighted by molar-refractivity contribution is 0.950. The lowest BCUT2D eigenvalue weighted by Crippen LogP contribution is -1.93. The largest absolute Gasteiger partial charge is 0.326 e. The second kappa shape index (κ2) is 3.70. The molecule has 84 valence electrons. The highest BCUT2D eigenvalue weighted by molar-refractivity contribution is 5.80. The highest BCUT2D eigenvalue weighted by Crippen LogP contribution is 2.22. The summed E-state index contributed by atoms with van der Waals surface area (Å²) in [6.45, 7) is 2.08. The molecule has 0 amide bonds. The first-order chi connectivity index (χ1) is 8.25. The molecule has 0 saturated carbocycles. The van der Waals surface area contributed by atoms with Gasteiger partial charge in [-0.15, -0.1) is 0 Å². The Labute approximate surface area is 99.8 Å². The zero-order chi connectivity index (χ0) is 11.8. The summed E-state index contributed by atoms with van der Waals surface area (Å²) in [5, 5.41) is 0. The lowest BCUT2D eigenvalue weighted by Gasteiger charge is -2.00. The fourth-order valence-electron chi connectivity index (χ4n) is 2.03. The maximum absolute atomic E-state index is 4.64. The molecule has 2 aromatic heterocycles. The van der Waals surface area contributed by atoms with Gasteiger partial charge in [-0.05, 0) is 36.8 Å². The van der Waals surface area contributed by atoms with Crippen LogP contribution in [0.5, 0.6) is 0 Å². The quantitative estimate of drug-likeness (QED) is 0.635. The summed E-state index contributed by atoms with van der Waals surface area (Å²) in [5.74, 6) is 0.909. The fourth-order valence-corrected chi connectivity index (χ4v) is 2.03. The van der Waals surface area contributed by atoms with E-state index in [4.69, 9.17) is 0 Å². The van der Waals surface area contributed by atoms with Crippen LogP contribution in [0.4, 0.5) is 0 Å². The molecule has 17 heavy (non-hydrogen) atoms. The van der Waals surface area contributed by atoms with Crippen LogP contribution in [0.1, 0.15) is 5.56 Å². The van der Waals surface area contributed by atoms with Gasteiger partial charge in [0.05, 0.1) is 11.0 Å². The molecule has 3 nitrogen and oxygen atoms in total. The van der Waals surface area contributed by atoms with Gasteiger partial charge in [0.15, 0.2) is 5.82 Å². The van der Waals surface area contributed by atoms with Crippen LogP contribution in [0.2, 0.25) is 0 Å². The van der Waals surface area contributed by atoms with Gasteiger partial charge in [0.1, 0.15) is 5.69 Å². The number of benzene rings is 1. The Balaban J connectivity index is 2.28. The van der Waals surface area contributed by atoms with Crippen molar-refractivity contribution in [3.63, 3.8) is 0 Å². The molecule has 0 spiro atoms. The molecule has 0 aliphatic carbocycles. The van der Waals surface area contributed by atoms with Crippen molar-refractivity contribution in [3.8, 4) is 11.5 Å². The number of aryl methyl sites for hydroxylation is 2. The Bertz CT molecular complexity index is 669. The van der Waals surface area contributed by atoms with Gasteiger partial charge in [0.2, 0.25) is 0 Å². The van der Waals surface area contributed by atoms with Crippen molar-refractivity contribution >= 4 is 11.0 Å². The van der Waals surface area contributed by atoms with Gasteiger partial charge >= 0.3 is 0 Å². The second-order valence-electron chi connectivity index (χ2n) is 4.20. The standard InChI is InChI=1S/C14H13N3/c1-10-6-7-13-12(9-10)16-14(17(13)2)11-5-3-4-8-15-11/h3-9H,1-2H3. The van der Waals surface area contributed by atoms with E-state index in [1.165, 1.54) is 5.56 Å². The number of hydrogen-bond donors (Lipinski definition) is 0. The number of aromatic nitrogens is 3. The van der Waals surface area contributed by atoms with Crippen molar-refractivity contribution in [2.45, 2.75) is 6.92 Å². The maximum Gasteiger partial charge on any atom is 0.159 e. The van der Waals surface area contributed by atoms with Crippen molar-refractivity contribution < 1.29 is 0 Å². The van der Waals surface area contributed by atoms with E-state index in [9.17, 15) is 0 Å². The molecule has 0 radical (unpaired) electrons. The van der Waals surface area contributed by atoms with Crippen LogP contribution in [0, 0.1) is 6.92 Å². The van der Waals surface area contributed by atoms with E-state index in [2.05, 4.69) is 39.7 Å². The maximum atomic E-state index is 4.64. The minimum Gasteiger partial charge on any atom is -0.326 e. The molecule has 0 atom stereocenters. The van der Waals surface area contributed by atoms with Gasteiger partial charge in [0.25, 0.3) is 0 Å². The minimum atomic E-state index is 0.906. The lowest BCUT2D eigenvalue weighted by atomic mass is 10.2. The van der Waals surface area contributed by atoms with E-state index in [1.807, 2.05) is 25.2 Å². The van der Waals surface area contributed by atoms with E-state index in [0.717, 1.165) is 22.6 Å². The van der Waals surface area contributed by atoms with E-state index < -0.39 is 0 Å². The van der Waals surface area contributed by atoms with Gasteiger partial charge in [-0.25, -0.2) is 4.98 Å². The molecule has 3 aromatic rings. The van der Waals surface area contributed by atoms with Crippen molar-refractivity contribution in [3.05, 3.63) is 48.2 Å². The molecule has 0 unspecified atom stereocenters. The van der Waals surface area contributed by atoms with Gasteiger partial charge in [-0.1, -0.05) is 12.1 Å². The first kappa shape index (κ1) is 10.0. The SMILES string of the molecule is Cc1ccc2c(c1)nc(-c1ccccn1)n2C. The summed E-state index contributed by atoms with van der Waals surface area (Å²) in [5.41, 5.74) is 4.29. The number of rotatable bonds is 1. The summed E-state index contributed by atoms with van der Waals surface area (Å²) in [4.78, 5) is 8.99. The fraction of sp³-hybridized carbons (Fsp3) is 0.143. The summed E-state index contributed by atoms with van der Waals surface area (Å²) >= 11 is 0. The van der Waals surface area contributed by atoms with Crippen molar-refractivity contribution in [2.75, 3.05) is 0 Å². The minimum absolute atomic E-state index is 0.906. The van der Waals surface area contributed by atoms with Crippen LogP contribution in [0.15, 0.2) is 42.6 Å². The van der Waals surface area contributed by atoms with E-state index in [-0.39, 0.29) is 0 Å². The molecule has 0 aliphatic rings. The molecule has 0 saturated heterocycles. The molecule has 1 aromatic carbocycles. The highest BCUT2D eigenvalue weighted by atomic mass is 15.1. The average Bonchev–Trinajstić information content (AvgIpc) is 2.67. The predicted octanol–water partition coefficient (Wildman–Crippen LogP) is 2.94. The second-order valence-corrected chi connectivity index (χ2v) is 4.20. The predicted molar refractivity (Wildman–Crippen MR) is 68.7 cm³/mol. The van der Waals surface area contributed by atoms with Crippen LogP contribution in [0.25, 0.3) is 22.6 Å². The molecule has 0 fully saturated rings. The van der Waals surface area contributed by atoms with Crippen LogP contribution in [0.3, 0.4) is 0 Å². The first-order valence-corrected chi connectivity index (χ1v) is 5.60. The summed E-state index contributed by atoms with van der Waals surface area (Å²) in [6.07, 6.45) is 1.79. The van der Waals surface area contributed by atoms with Crippen LogP contribution in [-0.4, -0.2) is 14.5 Å². The van der Waals surface area contributed by atoms with Crippen molar-refractivity contribution in [1.29, 1.82) is 0 Å². The normalized spacial score (nSPS) is 10.9. The third-order valence-electron chi connectivity index (χ3n) is 2.93. The number of nitrogens with zero attached hydrogens (tertiary/aromatic N) is 3. The molecular formula is C14H13N3. The smallest absolute Gasteiger partial charge is 0.159 e. The van der Waals surface area contributed by atoms with Gasteiger partial charge in [-0.2, -0.15) is 0 Å². The zero-order valence-corrected chi connectivity index (χ0v) is 9.88. The van der Waals surface area contributed by atoms with Gasteiger partial charge < -0.3 is 4.57 Å². The van der Waals surface area contributed by atoms with E-state index in [0.29, 0.717) is 0 Å². The van der Waals surface area contributed by atoms with E-state index in [1.54, 1.807) is 6.20 Å². The van der Waals surface area contributed by atoms with E-state index >= 15 is 0 Å². The van der Waals surface area contributed by atoms with Gasteiger partial charge in [-0.3, -0.25) is 4.98 Å². The van der Waals surface area contributed by atoms with Crippen LogP contribution >= 0.6 is 0 Å². The molecule has 3 heteroatoms. The third-order valence-corrected chi connectivity index (χ3v) is 2.93. The van der Waals surface area contributed by atoms with Crippen LogP contribution < -0.4 is 0 Å². The Morgan fingerprint density at radius 1 is 1.12 bits per heavy atom. The topological polar surface area (TPSA) is 30.7 Å².